The monoisotopic (exact) mass is 221 g/mol. The van der Waals surface area contributed by atoms with Gasteiger partial charge in [-0.05, 0) is 18.5 Å². The minimum absolute atomic E-state index is 0.0429. The number of hydrogen-bond donors (Lipinski definition) is 0. The van der Waals surface area contributed by atoms with Crippen LogP contribution < -0.4 is 0 Å². The SMILES string of the molecule is Cc1noc(Cl)c1C(=O)c1ccccc1. The third-order valence-electron chi connectivity index (χ3n) is 2.08. The van der Waals surface area contributed by atoms with Gasteiger partial charge in [0.2, 0.25) is 5.22 Å². The van der Waals surface area contributed by atoms with Gasteiger partial charge in [0.15, 0.2) is 5.78 Å². The predicted molar refractivity (Wildman–Crippen MR) is 56.1 cm³/mol. The first-order chi connectivity index (χ1) is 7.20. The Balaban J connectivity index is 2.46. The number of aryl methyl sites for hydroxylation is 1. The van der Waals surface area contributed by atoms with Gasteiger partial charge in [0.05, 0.1) is 5.69 Å². The Kier molecular flexibility index (Phi) is 2.56. The molecule has 0 N–H and O–H groups in total. The Hall–Kier alpha value is -1.61. The van der Waals surface area contributed by atoms with E-state index < -0.39 is 0 Å². The fraction of sp³-hybridized carbons (Fsp3) is 0.0909. The van der Waals surface area contributed by atoms with Gasteiger partial charge >= 0.3 is 0 Å². The normalized spacial score (nSPS) is 10.3. The highest BCUT2D eigenvalue weighted by molar-refractivity contribution is 6.33. The minimum Gasteiger partial charge on any atom is -0.343 e. The number of ketones is 1. The summed E-state index contributed by atoms with van der Waals surface area (Å²) in [6.07, 6.45) is 0. The van der Waals surface area contributed by atoms with Gasteiger partial charge in [-0.2, -0.15) is 0 Å². The van der Waals surface area contributed by atoms with Crippen molar-refractivity contribution in [3.05, 3.63) is 52.4 Å². The van der Waals surface area contributed by atoms with Gasteiger partial charge in [-0.3, -0.25) is 4.79 Å². The van der Waals surface area contributed by atoms with Crippen molar-refractivity contribution in [3.8, 4) is 0 Å². The quantitative estimate of drug-likeness (QED) is 0.733. The van der Waals surface area contributed by atoms with Gasteiger partial charge in [0.1, 0.15) is 5.56 Å². The first kappa shape index (κ1) is 9.93. The maximum Gasteiger partial charge on any atom is 0.237 e. The maximum atomic E-state index is 12.0. The van der Waals surface area contributed by atoms with Crippen LogP contribution in [-0.2, 0) is 0 Å². The summed E-state index contributed by atoms with van der Waals surface area (Å²) in [6.45, 7) is 1.69. The van der Waals surface area contributed by atoms with Crippen LogP contribution in [0.4, 0.5) is 0 Å². The first-order valence-corrected chi connectivity index (χ1v) is 4.79. The molecule has 0 aliphatic heterocycles. The molecule has 0 spiro atoms. The highest BCUT2D eigenvalue weighted by atomic mass is 35.5. The van der Waals surface area contributed by atoms with E-state index in [2.05, 4.69) is 5.16 Å². The third-order valence-corrected chi connectivity index (χ3v) is 2.34. The van der Waals surface area contributed by atoms with E-state index in [1.54, 1.807) is 31.2 Å². The number of benzene rings is 1. The second-order valence-corrected chi connectivity index (χ2v) is 3.46. The van der Waals surface area contributed by atoms with Crippen LogP contribution in [0.25, 0.3) is 0 Å². The molecular formula is C11H8ClNO2. The van der Waals surface area contributed by atoms with Gasteiger partial charge in [-0.1, -0.05) is 35.5 Å². The molecule has 3 nitrogen and oxygen atoms in total. The van der Waals surface area contributed by atoms with Crippen LogP contribution in [0, 0.1) is 6.92 Å². The second-order valence-electron chi connectivity index (χ2n) is 3.11. The molecule has 0 bridgehead atoms. The fourth-order valence-electron chi connectivity index (χ4n) is 1.33. The van der Waals surface area contributed by atoms with Crippen molar-refractivity contribution in [1.29, 1.82) is 0 Å². The summed E-state index contributed by atoms with van der Waals surface area (Å²) in [4.78, 5) is 12.0. The minimum atomic E-state index is -0.167. The van der Waals surface area contributed by atoms with E-state index in [-0.39, 0.29) is 11.0 Å². The van der Waals surface area contributed by atoms with Gasteiger partial charge in [0, 0.05) is 5.56 Å². The van der Waals surface area contributed by atoms with E-state index in [1.807, 2.05) is 6.07 Å². The number of rotatable bonds is 2. The number of halogens is 1. The summed E-state index contributed by atoms with van der Waals surface area (Å²) in [7, 11) is 0. The van der Waals surface area contributed by atoms with Crippen molar-refractivity contribution in [3.63, 3.8) is 0 Å². The molecule has 0 aliphatic carbocycles. The molecule has 2 aromatic rings. The van der Waals surface area contributed by atoms with E-state index in [1.165, 1.54) is 0 Å². The number of nitrogens with zero attached hydrogens (tertiary/aromatic N) is 1. The van der Waals surface area contributed by atoms with Crippen molar-refractivity contribution in [2.24, 2.45) is 0 Å². The van der Waals surface area contributed by atoms with Crippen LogP contribution in [-0.4, -0.2) is 10.9 Å². The zero-order valence-corrected chi connectivity index (χ0v) is 8.78. The predicted octanol–water partition coefficient (Wildman–Crippen LogP) is 2.87. The van der Waals surface area contributed by atoms with Crippen molar-refractivity contribution in [1.82, 2.24) is 5.16 Å². The highest BCUT2D eigenvalue weighted by Crippen LogP contribution is 2.22. The average Bonchev–Trinajstić information content (AvgIpc) is 2.59. The molecule has 0 saturated carbocycles. The molecule has 0 radical (unpaired) electrons. The number of carbonyl (C=O) groups excluding carboxylic acids is 1. The van der Waals surface area contributed by atoms with Crippen LogP contribution >= 0.6 is 11.6 Å². The summed E-state index contributed by atoms with van der Waals surface area (Å²) < 4.78 is 4.73. The summed E-state index contributed by atoms with van der Waals surface area (Å²) >= 11 is 5.74. The molecule has 1 aromatic heterocycles. The molecule has 0 aliphatic rings. The van der Waals surface area contributed by atoms with E-state index >= 15 is 0 Å². The van der Waals surface area contributed by atoms with Crippen molar-refractivity contribution in [2.45, 2.75) is 6.92 Å². The van der Waals surface area contributed by atoms with Crippen LogP contribution in [0.5, 0.6) is 0 Å². The third kappa shape index (κ3) is 1.78. The molecule has 0 fully saturated rings. The van der Waals surface area contributed by atoms with Gasteiger partial charge in [-0.25, -0.2) is 0 Å². The molecule has 0 amide bonds. The topological polar surface area (TPSA) is 43.1 Å². The van der Waals surface area contributed by atoms with Gasteiger partial charge in [0.25, 0.3) is 0 Å². The summed E-state index contributed by atoms with van der Waals surface area (Å²) in [5, 5.41) is 3.68. The second kappa shape index (κ2) is 3.87. The number of carbonyl (C=O) groups is 1. The van der Waals surface area contributed by atoms with Crippen LogP contribution in [0.3, 0.4) is 0 Å². The van der Waals surface area contributed by atoms with Crippen molar-refractivity contribution in [2.75, 3.05) is 0 Å². The molecule has 4 heteroatoms. The van der Waals surface area contributed by atoms with E-state index in [4.69, 9.17) is 16.1 Å². The van der Waals surface area contributed by atoms with Crippen LogP contribution in [0.2, 0.25) is 5.22 Å². The van der Waals surface area contributed by atoms with E-state index in [0.717, 1.165) is 0 Å². The number of hydrogen-bond acceptors (Lipinski definition) is 3. The summed E-state index contributed by atoms with van der Waals surface area (Å²) in [5.41, 5.74) is 1.42. The molecule has 0 saturated heterocycles. The molecule has 15 heavy (non-hydrogen) atoms. The standard InChI is InChI=1S/C11H8ClNO2/c1-7-9(11(12)15-13-7)10(14)8-5-3-2-4-6-8/h2-6H,1H3. The van der Waals surface area contributed by atoms with Gasteiger partial charge in [-0.15, -0.1) is 0 Å². The molecule has 0 atom stereocenters. The first-order valence-electron chi connectivity index (χ1n) is 4.41. The Morgan fingerprint density at radius 3 is 2.53 bits per heavy atom. The average molecular weight is 222 g/mol. The smallest absolute Gasteiger partial charge is 0.237 e. The highest BCUT2D eigenvalue weighted by Gasteiger charge is 2.19. The lowest BCUT2D eigenvalue weighted by molar-refractivity contribution is 0.103. The molecule has 76 valence electrons. The van der Waals surface area contributed by atoms with Crippen molar-refractivity contribution >= 4 is 17.4 Å². The van der Waals surface area contributed by atoms with E-state index in [0.29, 0.717) is 16.8 Å². The zero-order valence-electron chi connectivity index (χ0n) is 8.03. The molecule has 1 heterocycles. The largest absolute Gasteiger partial charge is 0.343 e. The van der Waals surface area contributed by atoms with E-state index in [9.17, 15) is 4.79 Å². The summed E-state index contributed by atoms with van der Waals surface area (Å²) in [6, 6.07) is 8.89. The van der Waals surface area contributed by atoms with Crippen LogP contribution in [0.15, 0.2) is 34.9 Å². The Bertz CT molecular complexity index is 471. The van der Waals surface area contributed by atoms with Crippen LogP contribution in [0.1, 0.15) is 21.6 Å². The molecule has 1 aromatic carbocycles. The summed E-state index contributed by atoms with van der Waals surface area (Å²) in [5.74, 6) is -0.167. The number of aromatic nitrogens is 1. The maximum absolute atomic E-state index is 12.0. The lowest BCUT2D eigenvalue weighted by Crippen LogP contribution is -2.02. The van der Waals surface area contributed by atoms with Crippen molar-refractivity contribution < 1.29 is 9.32 Å². The van der Waals surface area contributed by atoms with Gasteiger partial charge < -0.3 is 4.52 Å². The Morgan fingerprint density at radius 2 is 2.00 bits per heavy atom. The Morgan fingerprint density at radius 1 is 1.33 bits per heavy atom. The Labute approximate surface area is 91.6 Å². The molecular weight excluding hydrogens is 214 g/mol. The molecule has 0 unspecified atom stereocenters. The fourth-order valence-corrected chi connectivity index (χ4v) is 1.59. The molecule has 2 rings (SSSR count). The zero-order chi connectivity index (χ0) is 10.8. The lowest BCUT2D eigenvalue weighted by atomic mass is 10.0. The lowest BCUT2D eigenvalue weighted by Gasteiger charge is -1.97.